The molecular weight excluding hydrogens is 337 g/mol. The number of carbonyl (C=O) groups excluding carboxylic acids is 1. The van der Waals surface area contributed by atoms with Gasteiger partial charge in [0.1, 0.15) is 5.60 Å². The number of morpholine rings is 1. The van der Waals surface area contributed by atoms with Crippen LogP contribution < -0.4 is 10.2 Å². The van der Waals surface area contributed by atoms with E-state index in [1.54, 1.807) is 20.8 Å². The van der Waals surface area contributed by atoms with Crippen LogP contribution in [0.5, 0.6) is 0 Å². The fourth-order valence-corrected chi connectivity index (χ4v) is 2.45. The number of anilines is 1. The quantitative estimate of drug-likeness (QED) is 0.897. The van der Waals surface area contributed by atoms with E-state index in [4.69, 9.17) is 9.47 Å². The van der Waals surface area contributed by atoms with Gasteiger partial charge < -0.3 is 19.7 Å². The van der Waals surface area contributed by atoms with Gasteiger partial charge >= 0.3 is 12.3 Å². The van der Waals surface area contributed by atoms with Gasteiger partial charge in [0.15, 0.2) is 0 Å². The van der Waals surface area contributed by atoms with E-state index >= 15 is 0 Å². The van der Waals surface area contributed by atoms with Gasteiger partial charge in [-0.15, -0.1) is 0 Å². The molecule has 1 saturated heterocycles. The van der Waals surface area contributed by atoms with Crippen LogP contribution in [0.25, 0.3) is 0 Å². The zero-order valence-electron chi connectivity index (χ0n) is 14.5. The molecule has 0 radical (unpaired) electrons. The van der Waals surface area contributed by atoms with Crippen molar-refractivity contribution in [2.24, 2.45) is 0 Å². The standard InChI is InChI=1S/C17H23F3N2O3/c1-16(2,3)25-15(23)21-10-14-11-22(8-9-24-14)13-6-4-12(5-7-13)17(18,19)20/h4-7,14H,8-11H2,1-3H3,(H,21,23)/t14-/m1/s1. The van der Waals surface area contributed by atoms with E-state index < -0.39 is 23.4 Å². The molecule has 0 aliphatic carbocycles. The highest BCUT2D eigenvalue weighted by atomic mass is 19.4. The number of rotatable bonds is 3. The summed E-state index contributed by atoms with van der Waals surface area (Å²) in [6.45, 7) is 7.07. The summed E-state index contributed by atoms with van der Waals surface area (Å²) in [7, 11) is 0. The lowest BCUT2D eigenvalue weighted by Crippen LogP contribution is -2.48. The third kappa shape index (κ3) is 6.12. The Hall–Kier alpha value is -1.96. The zero-order chi connectivity index (χ0) is 18.7. The fraction of sp³-hybridized carbons (Fsp3) is 0.588. The molecule has 8 heteroatoms. The number of amides is 1. The number of nitrogens with zero attached hydrogens (tertiary/aromatic N) is 1. The monoisotopic (exact) mass is 360 g/mol. The number of ether oxygens (including phenoxy) is 2. The SMILES string of the molecule is CC(C)(C)OC(=O)NC[C@@H]1CN(c2ccc(C(F)(F)F)cc2)CCO1. The largest absolute Gasteiger partial charge is 0.444 e. The summed E-state index contributed by atoms with van der Waals surface area (Å²) in [5, 5.41) is 2.65. The van der Waals surface area contributed by atoms with Gasteiger partial charge in [-0.1, -0.05) is 0 Å². The van der Waals surface area contributed by atoms with Crippen molar-refractivity contribution in [2.45, 2.75) is 38.7 Å². The topological polar surface area (TPSA) is 50.8 Å². The number of hydrogen-bond donors (Lipinski definition) is 1. The number of alkyl halides is 3. The van der Waals surface area contributed by atoms with Crippen LogP contribution in [0.2, 0.25) is 0 Å². The minimum Gasteiger partial charge on any atom is -0.444 e. The van der Waals surface area contributed by atoms with E-state index in [9.17, 15) is 18.0 Å². The van der Waals surface area contributed by atoms with Crippen molar-refractivity contribution in [3.63, 3.8) is 0 Å². The molecule has 1 aliphatic rings. The number of benzene rings is 1. The lowest BCUT2D eigenvalue weighted by molar-refractivity contribution is -0.137. The maximum Gasteiger partial charge on any atom is 0.416 e. The molecule has 1 aliphatic heterocycles. The average molecular weight is 360 g/mol. The van der Waals surface area contributed by atoms with Crippen molar-refractivity contribution < 1.29 is 27.4 Å². The number of hydrogen-bond acceptors (Lipinski definition) is 4. The molecule has 0 saturated carbocycles. The second-order valence-electron chi connectivity index (χ2n) is 6.87. The first kappa shape index (κ1) is 19.4. The van der Waals surface area contributed by atoms with Gasteiger partial charge in [0.25, 0.3) is 0 Å². The Kier molecular flexibility index (Phi) is 5.82. The molecule has 0 unspecified atom stereocenters. The third-order valence-corrected chi connectivity index (χ3v) is 3.57. The summed E-state index contributed by atoms with van der Waals surface area (Å²) >= 11 is 0. The Morgan fingerprint density at radius 1 is 1.28 bits per heavy atom. The van der Waals surface area contributed by atoms with Gasteiger partial charge in [-0.3, -0.25) is 0 Å². The van der Waals surface area contributed by atoms with E-state index in [1.807, 2.05) is 4.90 Å². The molecule has 1 aromatic carbocycles. The van der Waals surface area contributed by atoms with Crippen molar-refractivity contribution in [3.8, 4) is 0 Å². The Balaban J connectivity index is 1.89. The maximum atomic E-state index is 12.6. The summed E-state index contributed by atoms with van der Waals surface area (Å²) in [6.07, 6.45) is -5.13. The first-order valence-electron chi connectivity index (χ1n) is 8.05. The third-order valence-electron chi connectivity index (χ3n) is 3.57. The van der Waals surface area contributed by atoms with E-state index in [0.717, 1.165) is 12.1 Å². The van der Waals surface area contributed by atoms with Crippen LogP contribution in [-0.2, 0) is 15.7 Å². The predicted octanol–water partition coefficient (Wildman–Crippen LogP) is 3.44. The fourth-order valence-electron chi connectivity index (χ4n) is 2.45. The highest BCUT2D eigenvalue weighted by Crippen LogP contribution is 2.30. The van der Waals surface area contributed by atoms with Crippen LogP contribution in [0.1, 0.15) is 26.3 Å². The van der Waals surface area contributed by atoms with Gasteiger partial charge in [0, 0.05) is 25.3 Å². The molecule has 1 N–H and O–H groups in total. The van der Waals surface area contributed by atoms with E-state index in [-0.39, 0.29) is 12.6 Å². The van der Waals surface area contributed by atoms with Crippen LogP contribution >= 0.6 is 0 Å². The van der Waals surface area contributed by atoms with Crippen LogP contribution in [-0.4, -0.2) is 44.0 Å². The summed E-state index contributed by atoms with van der Waals surface area (Å²) in [5.74, 6) is 0. The maximum absolute atomic E-state index is 12.6. The average Bonchev–Trinajstić information content (AvgIpc) is 2.51. The van der Waals surface area contributed by atoms with Crippen LogP contribution in [0.3, 0.4) is 0 Å². The van der Waals surface area contributed by atoms with Crippen LogP contribution in [0, 0.1) is 0 Å². The van der Waals surface area contributed by atoms with Gasteiger partial charge in [0.2, 0.25) is 0 Å². The summed E-state index contributed by atoms with van der Waals surface area (Å²) in [6, 6.07) is 5.04. The van der Waals surface area contributed by atoms with Crippen molar-refractivity contribution in [1.29, 1.82) is 0 Å². The Morgan fingerprint density at radius 3 is 2.48 bits per heavy atom. The molecule has 1 aromatic rings. The molecule has 2 rings (SSSR count). The molecule has 5 nitrogen and oxygen atoms in total. The van der Waals surface area contributed by atoms with Crippen molar-refractivity contribution in [3.05, 3.63) is 29.8 Å². The molecule has 1 amide bonds. The number of nitrogens with one attached hydrogen (secondary N) is 1. The summed E-state index contributed by atoms with van der Waals surface area (Å²) < 4.78 is 48.7. The normalized spacial score (nSPS) is 18.8. The highest BCUT2D eigenvalue weighted by molar-refractivity contribution is 5.67. The lowest BCUT2D eigenvalue weighted by Gasteiger charge is -2.34. The first-order chi connectivity index (χ1) is 11.5. The van der Waals surface area contributed by atoms with Crippen molar-refractivity contribution >= 4 is 11.8 Å². The van der Waals surface area contributed by atoms with Crippen molar-refractivity contribution in [2.75, 3.05) is 31.1 Å². The number of halogens is 3. The second kappa shape index (κ2) is 7.51. The molecule has 25 heavy (non-hydrogen) atoms. The van der Waals surface area contributed by atoms with Crippen LogP contribution in [0.4, 0.5) is 23.7 Å². The summed E-state index contributed by atoms with van der Waals surface area (Å²) in [5.41, 5.74) is -0.560. The first-order valence-corrected chi connectivity index (χ1v) is 8.05. The molecule has 1 fully saturated rings. The molecule has 0 bridgehead atoms. The molecule has 1 atom stereocenters. The van der Waals surface area contributed by atoms with Crippen LogP contribution in [0.15, 0.2) is 24.3 Å². The minimum atomic E-state index is -4.34. The second-order valence-corrected chi connectivity index (χ2v) is 6.87. The molecule has 0 aromatic heterocycles. The Labute approximate surface area is 145 Å². The molecule has 140 valence electrons. The Bertz CT molecular complexity index is 582. The molecule has 1 heterocycles. The minimum absolute atomic E-state index is 0.261. The summed E-state index contributed by atoms with van der Waals surface area (Å²) in [4.78, 5) is 13.6. The smallest absolute Gasteiger partial charge is 0.416 e. The van der Waals surface area contributed by atoms with Crippen molar-refractivity contribution in [1.82, 2.24) is 5.32 Å². The van der Waals surface area contributed by atoms with Gasteiger partial charge in [0.05, 0.1) is 18.3 Å². The molecule has 0 spiro atoms. The highest BCUT2D eigenvalue weighted by Gasteiger charge is 2.30. The number of carbonyl (C=O) groups is 1. The van der Waals surface area contributed by atoms with E-state index in [0.29, 0.717) is 25.4 Å². The van der Waals surface area contributed by atoms with E-state index in [2.05, 4.69) is 5.32 Å². The van der Waals surface area contributed by atoms with Gasteiger partial charge in [-0.25, -0.2) is 4.79 Å². The molecular formula is C17H23F3N2O3. The van der Waals surface area contributed by atoms with Gasteiger partial charge in [-0.2, -0.15) is 13.2 Å². The predicted molar refractivity (Wildman–Crippen MR) is 87.6 cm³/mol. The lowest BCUT2D eigenvalue weighted by atomic mass is 10.1. The Morgan fingerprint density at radius 2 is 1.92 bits per heavy atom. The van der Waals surface area contributed by atoms with Gasteiger partial charge in [-0.05, 0) is 45.0 Å². The van der Waals surface area contributed by atoms with E-state index in [1.165, 1.54) is 12.1 Å². The number of alkyl carbamates (subject to hydrolysis) is 1. The zero-order valence-corrected chi connectivity index (χ0v) is 14.5.